The number of thiophene rings is 1. The summed E-state index contributed by atoms with van der Waals surface area (Å²) in [6.07, 6.45) is 0.918. The molecule has 0 fully saturated rings. The molecule has 3 aromatic heterocycles. The minimum Gasteiger partial charge on any atom is -0.322 e. The summed E-state index contributed by atoms with van der Waals surface area (Å²) in [5.41, 5.74) is 4.76. The van der Waals surface area contributed by atoms with E-state index in [1.54, 1.807) is 11.3 Å². The Bertz CT molecular complexity index is 1750. The summed E-state index contributed by atoms with van der Waals surface area (Å²) in [6, 6.07) is 32.4. The van der Waals surface area contributed by atoms with E-state index < -0.39 is 6.04 Å². The van der Waals surface area contributed by atoms with Crippen molar-refractivity contribution in [3.63, 3.8) is 0 Å². The molecule has 40 heavy (non-hydrogen) atoms. The van der Waals surface area contributed by atoms with Crippen LogP contribution in [0.5, 0.6) is 0 Å². The van der Waals surface area contributed by atoms with E-state index in [0.29, 0.717) is 31.0 Å². The van der Waals surface area contributed by atoms with Crippen molar-refractivity contribution in [2.45, 2.75) is 39.0 Å². The van der Waals surface area contributed by atoms with Crippen LogP contribution < -0.4 is 5.56 Å². The van der Waals surface area contributed by atoms with E-state index in [2.05, 4.69) is 86.2 Å². The molecule has 1 unspecified atom stereocenters. The molecule has 8 heteroatoms. The van der Waals surface area contributed by atoms with Crippen molar-refractivity contribution in [2.24, 2.45) is 0 Å². The van der Waals surface area contributed by atoms with E-state index in [-0.39, 0.29) is 5.56 Å². The summed E-state index contributed by atoms with van der Waals surface area (Å²) in [4.78, 5) is 20.4. The minimum atomic E-state index is -0.487. The highest BCUT2D eigenvalue weighted by molar-refractivity contribution is 7.09. The third-order valence-electron chi connectivity index (χ3n) is 7.15. The molecule has 0 radical (unpaired) electrons. The molecule has 6 aromatic rings. The summed E-state index contributed by atoms with van der Waals surface area (Å²) in [6.45, 7) is 3.90. The fourth-order valence-corrected chi connectivity index (χ4v) is 5.86. The molecule has 0 aliphatic carbocycles. The maximum absolute atomic E-state index is 13.8. The van der Waals surface area contributed by atoms with Crippen LogP contribution >= 0.6 is 11.3 Å². The molecular formula is C32H30N6OS. The number of fused-ring (bicyclic) bond motifs is 1. The van der Waals surface area contributed by atoms with Gasteiger partial charge < -0.3 is 4.98 Å². The Hall–Kier alpha value is -4.40. The number of aryl methyl sites for hydroxylation is 1. The predicted molar refractivity (Wildman–Crippen MR) is 159 cm³/mol. The predicted octanol–water partition coefficient (Wildman–Crippen LogP) is 5.98. The fraction of sp³-hybridized carbons (Fsp3) is 0.188. The number of hydrogen-bond donors (Lipinski definition) is 1. The van der Waals surface area contributed by atoms with Gasteiger partial charge in [-0.2, -0.15) is 0 Å². The van der Waals surface area contributed by atoms with Gasteiger partial charge in [0.15, 0.2) is 5.82 Å². The van der Waals surface area contributed by atoms with Gasteiger partial charge in [0.1, 0.15) is 6.04 Å². The van der Waals surface area contributed by atoms with Gasteiger partial charge in [-0.1, -0.05) is 79.7 Å². The minimum absolute atomic E-state index is 0.139. The average molecular weight is 547 g/mol. The van der Waals surface area contributed by atoms with E-state index in [1.807, 2.05) is 53.2 Å². The van der Waals surface area contributed by atoms with Crippen LogP contribution in [-0.4, -0.2) is 30.1 Å². The molecule has 7 nitrogen and oxygen atoms in total. The molecule has 0 amide bonds. The second kappa shape index (κ2) is 11.8. The first kappa shape index (κ1) is 25.9. The Labute approximate surface area is 236 Å². The molecule has 0 spiro atoms. The van der Waals surface area contributed by atoms with Gasteiger partial charge in [-0.05, 0) is 68.6 Å². The lowest BCUT2D eigenvalue weighted by Gasteiger charge is -2.31. The highest BCUT2D eigenvalue weighted by Crippen LogP contribution is 2.31. The number of aromatic amines is 1. The van der Waals surface area contributed by atoms with Crippen molar-refractivity contribution in [3.8, 4) is 0 Å². The van der Waals surface area contributed by atoms with E-state index >= 15 is 0 Å². The van der Waals surface area contributed by atoms with Crippen molar-refractivity contribution in [2.75, 3.05) is 0 Å². The lowest BCUT2D eigenvalue weighted by atomic mass is 10.0. The summed E-state index contributed by atoms with van der Waals surface area (Å²) in [7, 11) is 0. The first-order valence-electron chi connectivity index (χ1n) is 13.4. The molecule has 6 rings (SSSR count). The Morgan fingerprint density at radius 2 is 1.65 bits per heavy atom. The van der Waals surface area contributed by atoms with Crippen molar-refractivity contribution in [3.05, 3.63) is 146 Å². The van der Waals surface area contributed by atoms with Gasteiger partial charge in [0, 0.05) is 29.0 Å². The van der Waals surface area contributed by atoms with Crippen LogP contribution in [0.3, 0.4) is 0 Å². The Balaban J connectivity index is 1.53. The summed E-state index contributed by atoms with van der Waals surface area (Å²) >= 11 is 1.70. The first-order chi connectivity index (χ1) is 19.7. The van der Waals surface area contributed by atoms with Crippen LogP contribution in [-0.2, 0) is 26.1 Å². The molecule has 3 heterocycles. The quantitative estimate of drug-likeness (QED) is 0.229. The van der Waals surface area contributed by atoms with Gasteiger partial charge in [0.2, 0.25) is 0 Å². The maximum Gasteiger partial charge on any atom is 0.253 e. The zero-order chi connectivity index (χ0) is 27.3. The van der Waals surface area contributed by atoms with Crippen LogP contribution in [0.25, 0.3) is 10.9 Å². The molecule has 0 aliphatic heterocycles. The van der Waals surface area contributed by atoms with Crippen LogP contribution in [0, 0.1) is 0 Å². The third-order valence-corrected chi connectivity index (χ3v) is 8.01. The second-order valence-corrected chi connectivity index (χ2v) is 10.9. The van der Waals surface area contributed by atoms with Crippen molar-refractivity contribution < 1.29 is 0 Å². The van der Waals surface area contributed by atoms with E-state index in [4.69, 9.17) is 0 Å². The van der Waals surface area contributed by atoms with Crippen molar-refractivity contribution in [1.29, 1.82) is 0 Å². The highest BCUT2D eigenvalue weighted by Gasteiger charge is 2.31. The summed E-state index contributed by atoms with van der Waals surface area (Å²) in [5, 5.41) is 16.1. The van der Waals surface area contributed by atoms with Crippen molar-refractivity contribution >= 4 is 22.2 Å². The third kappa shape index (κ3) is 5.64. The molecule has 0 saturated heterocycles. The number of aromatic nitrogens is 5. The Kier molecular flexibility index (Phi) is 7.61. The topological polar surface area (TPSA) is 79.7 Å². The van der Waals surface area contributed by atoms with Gasteiger partial charge >= 0.3 is 0 Å². The standard InChI is InChI=1S/C32H30N6OS/c1-2-23-15-16-29-26(18-23)19-28(32(39)33-29)30(31-34-35-36-38(31)21-25-12-7-4-8-13-25)37(22-27-14-9-17-40-27)20-24-10-5-3-6-11-24/h3-19,30H,2,20-22H2,1H3,(H,33,39). The average Bonchev–Trinajstić information content (AvgIpc) is 3.67. The molecule has 0 aliphatic rings. The smallest absolute Gasteiger partial charge is 0.253 e. The zero-order valence-corrected chi connectivity index (χ0v) is 23.1. The van der Waals surface area contributed by atoms with Crippen LogP contribution in [0.2, 0.25) is 0 Å². The molecule has 0 bridgehead atoms. The van der Waals surface area contributed by atoms with Crippen LogP contribution in [0.1, 0.15) is 45.9 Å². The summed E-state index contributed by atoms with van der Waals surface area (Å²) < 4.78 is 1.82. The number of tetrazole rings is 1. The van der Waals surface area contributed by atoms with E-state index in [0.717, 1.165) is 28.5 Å². The maximum atomic E-state index is 13.8. The van der Waals surface area contributed by atoms with Gasteiger partial charge in [-0.25, -0.2) is 4.68 Å². The number of nitrogens with zero attached hydrogens (tertiary/aromatic N) is 5. The molecular weight excluding hydrogens is 516 g/mol. The van der Waals surface area contributed by atoms with E-state index in [1.165, 1.54) is 10.4 Å². The largest absolute Gasteiger partial charge is 0.322 e. The number of nitrogens with one attached hydrogen (secondary N) is 1. The van der Waals surface area contributed by atoms with Gasteiger partial charge in [0.25, 0.3) is 5.56 Å². The fourth-order valence-electron chi connectivity index (χ4n) is 5.13. The normalized spacial score (nSPS) is 12.2. The van der Waals surface area contributed by atoms with Gasteiger partial charge in [-0.3, -0.25) is 9.69 Å². The van der Waals surface area contributed by atoms with Crippen LogP contribution in [0.15, 0.2) is 107 Å². The highest BCUT2D eigenvalue weighted by atomic mass is 32.1. The van der Waals surface area contributed by atoms with Gasteiger partial charge in [-0.15, -0.1) is 16.4 Å². The number of rotatable bonds is 10. The van der Waals surface area contributed by atoms with Gasteiger partial charge in [0.05, 0.1) is 6.54 Å². The number of H-pyrrole nitrogens is 1. The first-order valence-corrected chi connectivity index (χ1v) is 14.3. The summed E-state index contributed by atoms with van der Waals surface area (Å²) in [5.74, 6) is 0.632. The zero-order valence-electron chi connectivity index (χ0n) is 22.3. The Morgan fingerprint density at radius 1 is 0.875 bits per heavy atom. The molecule has 1 atom stereocenters. The second-order valence-electron chi connectivity index (χ2n) is 9.88. The molecule has 3 aromatic carbocycles. The van der Waals surface area contributed by atoms with Crippen LogP contribution in [0.4, 0.5) is 0 Å². The number of benzene rings is 3. The lowest BCUT2D eigenvalue weighted by Crippen LogP contribution is -2.34. The molecule has 1 N–H and O–H groups in total. The molecule has 0 saturated carbocycles. The van der Waals surface area contributed by atoms with Crippen molar-refractivity contribution in [1.82, 2.24) is 30.1 Å². The number of hydrogen-bond acceptors (Lipinski definition) is 6. The monoisotopic (exact) mass is 546 g/mol. The Morgan fingerprint density at radius 3 is 2.38 bits per heavy atom. The SMILES string of the molecule is CCc1ccc2[nH]c(=O)c(C(c3nnnn3Cc3ccccc3)N(Cc3ccccc3)Cc3cccs3)cc2c1. The number of pyridine rings is 1. The lowest BCUT2D eigenvalue weighted by molar-refractivity contribution is 0.196. The molecule has 200 valence electrons. The van der Waals surface area contributed by atoms with E-state index in [9.17, 15) is 4.79 Å².